The number of sulfonamides is 1. The second-order valence-corrected chi connectivity index (χ2v) is 8.33. The maximum Gasteiger partial charge on any atom is 0.418 e. The Hall–Kier alpha value is -2.59. The zero-order chi connectivity index (χ0) is 21.1. The number of para-hydroxylation sites is 1. The summed E-state index contributed by atoms with van der Waals surface area (Å²) in [6, 6.07) is 9.19. The third-order valence-corrected chi connectivity index (χ3v) is 5.86. The number of nitrogens with zero attached hydrogens (tertiary/aromatic N) is 1. The number of hydrogen-bond acceptors (Lipinski definition) is 4. The maximum atomic E-state index is 13.0. The molecule has 0 bridgehead atoms. The summed E-state index contributed by atoms with van der Waals surface area (Å²) in [6.45, 7) is 1.20. The first kappa shape index (κ1) is 21.7. The lowest BCUT2D eigenvalue weighted by molar-refractivity contribution is -0.137. The number of halogens is 3. The first-order valence-electron chi connectivity index (χ1n) is 8.16. The van der Waals surface area contributed by atoms with Gasteiger partial charge in [0.15, 0.2) is 0 Å². The molecular formula is C18H20F3N3O3S. The van der Waals surface area contributed by atoms with Crippen LogP contribution in [0.5, 0.6) is 0 Å². The number of carbonyl (C=O) groups is 1. The predicted molar refractivity (Wildman–Crippen MR) is 101 cm³/mol. The summed E-state index contributed by atoms with van der Waals surface area (Å²) in [4.78, 5) is 12.1. The van der Waals surface area contributed by atoms with Gasteiger partial charge in [-0.1, -0.05) is 18.2 Å². The second-order valence-electron chi connectivity index (χ2n) is 6.21. The van der Waals surface area contributed by atoms with E-state index >= 15 is 0 Å². The Balaban J connectivity index is 2.13. The number of benzene rings is 2. The highest BCUT2D eigenvalue weighted by Crippen LogP contribution is 2.34. The number of nitrogens with one attached hydrogen (secondary N) is 2. The van der Waals surface area contributed by atoms with E-state index in [-0.39, 0.29) is 16.3 Å². The molecule has 28 heavy (non-hydrogen) atoms. The van der Waals surface area contributed by atoms with E-state index in [9.17, 15) is 26.4 Å². The number of hydrogen-bond donors (Lipinski definition) is 2. The van der Waals surface area contributed by atoms with Gasteiger partial charge in [0.1, 0.15) is 0 Å². The van der Waals surface area contributed by atoms with E-state index in [0.29, 0.717) is 5.56 Å². The summed E-state index contributed by atoms with van der Waals surface area (Å²) in [5.74, 6) is -0.617. The molecule has 1 amide bonds. The number of alkyl halides is 3. The van der Waals surface area contributed by atoms with Crippen LogP contribution in [-0.2, 0) is 21.0 Å². The molecule has 0 heterocycles. The molecule has 0 aliphatic carbocycles. The van der Waals surface area contributed by atoms with Crippen LogP contribution in [0.3, 0.4) is 0 Å². The van der Waals surface area contributed by atoms with Crippen molar-refractivity contribution in [3.05, 3.63) is 53.6 Å². The van der Waals surface area contributed by atoms with Crippen molar-refractivity contribution in [2.75, 3.05) is 31.3 Å². The van der Waals surface area contributed by atoms with Crippen molar-refractivity contribution in [2.45, 2.75) is 18.0 Å². The summed E-state index contributed by atoms with van der Waals surface area (Å²) in [5.41, 5.74) is -0.367. The Morgan fingerprint density at radius 1 is 1.11 bits per heavy atom. The topological polar surface area (TPSA) is 78.5 Å². The van der Waals surface area contributed by atoms with Gasteiger partial charge in [-0.25, -0.2) is 12.7 Å². The molecule has 2 aromatic rings. The van der Waals surface area contributed by atoms with E-state index in [1.165, 1.54) is 44.4 Å². The van der Waals surface area contributed by atoms with Gasteiger partial charge in [0.25, 0.3) is 0 Å². The third-order valence-electron chi connectivity index (χ3n) is 3.90. The molecular weight excluding hydrogens is 395 g/mol. The van der Waals surface area contributed by atoms with Crippen LogP contribution in [0.1, 0.15) is 11.1 Å². The van der Waals surface area contributed by atoms with Gasteiger partial charge >= 0.3 is 6.18 Å². The molecule has 0 fully saturated rings. The summed E-state index contributed by atoms with van der Waals surface area (Å²) in [7, 11) is -0.920. The summed E-state index contributed by atoms with van der Waals surface area (Å²) in [6.07, 6.45) is -4.55. The standard InChI is InChI=1S/C18H20F3N3O3S/c1-12-8-9-13(10-16(12)28(26,27)24(2)3)23-17(25)11-22-15-7-5-4-6-14(15)18(19,20)21/h4-10,22H,11H2,1-3H3,(H,23,25). The van der Waals surface area contributed by atoms with Crippen molar-refractivity contribution in [3.8, 4) is 0 Å². The SMILES string of the molecule is Cc1ccc(NC(=O)CNc2ccccc2C(F)(F)F)cc1S(=O)(=O)N(C)C. The van der Waals surface area contributed by atoms with Crippen molar-refractivity contribution in [3.63, 3.8) is 0 Å². The fourth-order valence-corrected chi connectivity index (χ4v) is 3.56. The molecule has 0 saturated heterocycles. The zero-order valence-corrected chi connectivity index (χ0v) is 16.3. The Labute approximate surface area is 161 Å². The Kier molecular flexibility index (Phi) is 6.35. The molecule has 6 nitrogen and oxygen atoms in total. The highest BCUT2D eigenvalue weighted by atomic mass is 32.2. The van der Waals surface area contributed by atoms with Crippen molar-refractivity contribution >= 4 is 27.3 Å². The first-order chi connectivity index (χ1) is 12.9. The Morgan fingerprint density at radius 3 is 2.36 bits per heavy atom. The zero-order valence-electron chi connectivity index (χ0n) is 15.5. The highest BCUT2D eigenvalue weighted by molar-refractivity contribution is 7.89. The van der Waals surface area contributed by atoms with Gasteiger partial charge in [-0.15, -0.1) is 0 Å². The monoisotopic (exact) mass is 415 g/mol. The van der Waals surface area contributed by atoms with Gasteiger partial charge in [0.05, 0.1) is 17.0 Å². The van der Waals surface area contributed by atoms with Crippen LogP contribution in [0.4, 0.5) is 24.5 Å². The quantitative estimate of drug-likeness (QED) is 0.759. The number of rotatable bonds is 6. The smallest absolute Gasteiger partial charge is 0.376 e. The van der Waals surface area contributed by atoms with Gasteiger partial charge in [-0.3, -0.25) is 4.79 Å². The Bertz CT molecular complexity index is 974. The molecule has 152 valence electrons. The molecule has 0 atom stereocenters. The van der Waals surface area contributed by atoms with E-state index in [1.807, 2.05) is 0 Å². The van der Waals surface area contributed by atoms with Crippen LogP contribution in [0.25, 0.3) is 0 Å². The fourth-order valence-electron chi connectivity index (χ4n) is 2.42. The van der Waals surface area contributed by atoms with Crippen LogP contribution in [0.2, 0.25) is 0 Å². The lowest BCUT2D eigenvalue weighted by Crippen LogP contribution is -2.25. The summed E-state index contributed by atoms with van der Waals surface area (Å²) < 4.78 is 64.6. The lowest BCUT2D eigenvalue weighted by Gasteiger charge is -2.16. The predicted octanol–water partition coefficient (Wildman–Crippen LogP) is 3.31. The molecule has 0 saturated carbocycles. The third kappa shape index (κ3) is 5.02. The Morgan fingerprint density at radius 2 is 1.75 bits per heavy atom. The molecule has 0 unspecified atom stereocenters. The van der Waals surface area contributed by atoms with Gasteiger partial charge in [0, 0.05) is 25.5 Å². The van der Waals surface area contributed by atoms with Crippen LogP contribution in [0.15, 0.2) is 47.4 Å². The van der Waals surface area contributed by atoms with Gasteiger partial charge < -0.3 is 10.6 Å². The minimum Gasteiger partial charge on any atom is -0.376 e. The minimum absolute atomic E-state index is 0.0330. The van der Waals surface area contributed by atoms with E-state index in [1.54, 1.807) is 13.0 Å². The van der Waals surface area contributed by atoms with Gasteiger partial charge in [-0.05, 0) is 36.8 Å². The molecule has 10 heteroatoms. The fraction of sp³-hybridized carbons (Fsp3) is 0.278. The van der Waals surface area contributed by atoms with Crippen molar-refractivity contribution < 1.29 is 26.4 Å². The molecule has 0 spiro atoms. The van der Waals surface area contributed by atoms with Crippen molar-refractivity contribution in [1.29, 1.82) is 0 Å². The molecule has 0 aromatic heterocycles. The largest absolute Gasteiger partial charge is 0.418 e. The highest BCUT2D eigenvalue weighted by Gasteiger charge is 2.33. The average Bonchev–Trinajstić information content (AvgIpc) is 2.60. The van der Waals surface area contributed by atoms with Crippen LogP contribution in [0, 0.1) is 6.92 Å². The molecule has 0 aliphatic heterocycles. The average molecular weight is 415 g/mol. The van der Waals surface area contributed by atoms with Gasteiger partial charge in [0.2, 0.25) is 15.9 Å². The van der Waals surface area contributed by atoms with E-state index in [0.717, 1.165) is 10.4 Å². The van der Waals surface area contributed by atoms with E-state index in [4.69, 9.17) is 0 Å². The van der Waals surface area contributed by atoms with Crippen LogP contribution in [-0.4, -0.2) is 39.3 Å². The number of aryl methyl sites for hydroxylation is 1. The summed E-state index contributed by atoms with van der Waals surface area (Å²) >= 11 is 0. The van der Waals surface area contributed by atoms with Crippen LogP contribution >= 0.6 is 0 Å². The maximum absolute atomic E-state index is 13.0. The molecule has 2 aromatic carbocycles. The normalized spacial score (nSPS) is 12.1. The summed E-state index contributed by atoms with van der Waals surface area (Å²) in [5, 5.41) is 4.94. The number of carbonyl (C=O) groups excluding carboxylic acids is 1. The van der Waals surface area contributed by atoms with E-state index in [2.05, 4.69) is 10.6 Å². The van der Waals surface area contributed by atoms with E-state index < -0.39 is 34.2 Å². The first-order valence-corrected chi connectivity index (χ1v) is 9.60. The second kappa shape index (κ2) is 8.19. The molecule has 2 N–H and O–H groups in total. The minimum atomic E-state index is -4.55. The van der Waals surface area contributed by atoms with Crippen molar-refractivity contribution in [1.82, 2.24) is 4.31 Å². The van der Waals surface area contributed by atoms with Crippen LogP contribution < -0.4 is 10.6 Å². The van der Waals surface area contributed by atoms with Crippen molar-refractivity contribution in [2.24, 2.45) is 0 Å². The lowest BCUT2D eigenvalue weighted by atomic mass is 10.1. The molecule has 0 aliphatic rings. The molecule has 2 rings (SSSR count). The van der Waals surface area contributed by atoms with Gasteiger partial charge in [-0.2, -0.15) is 13.2 Å². The molecule has 0 radical (unpaired) electrons. The number of amides is 1. The number of anilines is 2.